The average Bonchev–Trinajstić information content (AvgIpc) is 2.66. The summed E-state index contributed by atoms with van der Waals surface area (Å²) in [7, 11) is 0. The lowest BCUT2D eigenvalue weighted by molar-refractivity contribution is 0.306. The van der Waals surface area contributed by atoms with Gasteiger partial charge in [0.2, 0.25) is 0 Å². The molecule has 0 aliphatic carbocycles. The van der Waals surface area contributed by atoms with Gasteiger partial charge in [-0.15, -0.1) is 0 Å². The minimum Gasteiger partial charge on any atom is -0.492 e. The first-order valence-electron chi connectivity index (χ1n) is 8.19. The van der Waals surface area contributed by atoms with Crippen LogP contribution in [0.25, 0.3) is 0 Å². The lowest BCUT2D eigenvalue weighted by atomic mass is 10.2. The highest BCUT2D eigenvalue weighted by atomic mass is 35.5. The molecule has 3 aromatic carbocycles. The van der Waals surface area contributed by atoms with Gasteiger partial charge in [-0.2, -0.15) is 0 Å². The van der Waals surface area contributed by atoms with Crippen molar-refractivity contribution >= 4 is 17.3 Å². The van der Waals surface area contributed by atoms with Gasteiger partial charge in [0.25, 0.3) is 0 Å². The Balaban J connectivity index is 1.49. The molecule has 128 valence electrons. The van der Waals surface area contributed by atoms with Crippen LogP contribution in [-0.4, -0.2) is 13.2 Å². The SMILES string of the molecule is Clc1ccc(OCCNc2ccccc2OCc2ccccc2)cc1. The fourth-order valence-electron chi connectivity index (χ4n) is 2.36. The van der Waals surface area contributed by atoms with Gasteiger partial charge in [-0.1, -0.05) is 54.1 Å². The van der Waals surface area contributed by atoms with E-state index in [-0.39, 0.29) is 0 Å². The monoisotopic (exact) mass is 353 g/mol. The first-order chi connectivity index (χ1) is 12.3. The predicted octanol–water partition coefficient (Wildman–Crippen LogP) is 5.41. The Morgan fingerprint density at radius 2 is 1.48 bits per heavy atom. The van der Waals surface area contributed by atoms with Crippen LogP contribution in [-0.2, 0) is 6.61 Å². The second-order valence-electron chi connectivity index (χ2n) is 5.50. The van der Waals surface area contributed by atoms with Crippen LogP contribution in [0.3, 0.4) is 0 Å². The molecule has 0 heterocycles. The summed E-state index contributed by atoms with van der Waals surface area (Å²) in [6, 6.07) is 25.4. The number of ether oxygens (including phenoxy) is 2. The normalized spacial score (nSPS) is 10.3. The maximum Gasteiger partial charge on any atom is 0.142 e. The molecule has 0 unspecified atom stereocenters. The lowest BCUT2D eigenvalue weighted by Gasteiger charge is -2.14. The average molecular weight is 354 g/mol. The van der Waals surface area contributed by atoms with Crippen molar-refractivity contribution in [2.24, 2.45) is 0 Å². The van der Waals surface area contributed by atoms with Crippen molar-refractivity contribution < 1.29 is 9.47 Å². The summed E-state index contributed by atoms with van der Waals surface area (Å²) in [5.41, 5.74) is 2.10. The van der Waals surface area contributed by atoms with Gasteiger partial charge in [0.1, 0.15) is 24.7 Å². The molecule has 0 bridgehead atoms. The molecule has 0 fully saturated rings. The van der Waals surface area contributed by atoms with E-state index >= 15 is 0 Å². The zero-order chi connectivity index (χ0) is 17.3. The summed E-state index contributed by atoms with van der Waals surface area (Å²) in [5, 5.41) is 4.06. The third-order valence-electron chi connectivity index (χ3n) is 3.62. The number of nitrogens with one attached hydrogen (secondary N) is 1. The van der Waals surface area contributed by atoms with Crippen molar-refractivity contribution in [2.75, 3.05) is 18.5 Å². The van der Waals surface area contributed by atoms with Gasteiger partial charge >= 0.3 is 0 Å². The van der Waals surface area contributed by atoms with E-state index in [1.807, 2.05) is 66.7 Å². The van der Waals surface area contributed by atoms with Crippen LogP contribution >= 0.6 is 11.6 Å². The van der Waals surface area contributed by atoms with Gasteiger partial charge in [-0.3, -0.25) is 0 Å². The van der Waals surface area contributed by atoms with Crippen LogP contribution in [0, 0.1) is 0 Å². The second kappa shape index (κ2) is 9.00. The largest absolute Gasteiger partial charge is 0.492 e. The van der Waals surface area contributed by atoms with Gasteiger partial charge in [0.15, 0.2) is 0 Å². The number of halogens is 1. The molecule has 0 saturated carbocycles. The quantitative estimate of drug-likeness (QED) is 0.549. The van der Waals surface area contributed by atoms with Gasteiger partial charge in [-0.25, -0.2) is 0 Å². The van der Waals surface area contributed by atoms with Gasteiger partial charge in [0, 0.05) is 11.6 Å². The highest BCUT2D eigenvalue weighted by molar-refractivity contribution is 6.30. The van der Waals surface area contributed by atoms with Crippen molar-refractivity contribution in [3.8, 4) is 11.5 Å². The summed E-state index contributed by atoms with van der Waals surface area (Å²) in [6.07, 6.45) is 0. The van der Waals surface area contributed by atoms with Gasteiger partial charge < -0.3 is 14.8 Å². The predicted molar refractivity (Wildman–Crippen MR) is 103 cm³/mol. The van der Waals surface area contributed by atoms with Crippen LogP contribution in [0.1, 0.15) is 5.56 Å². The number of rotatable bonds is 8. The summed E-state index contributed by atoms with van der Waals surface area (Å²) in [4.78, 5) is 0. The Morgan fingerprint density at radius 1 is 0.760 bits per heavy atom. The minimum atomic E-state index is 0.542. The Kier molecular flexibility index (Phi) is 6.18. The van der Waals surface area contributed by atoms with E-state index in [0.717, 1.165) is 22.7 Å². The second-order valence-corrected chi connectivity index (χ2v) is 5.94. The lowest BCUT2D eigenvalue weighted by Crippen LogP contribution is -2.12. The Hall–Kier alpha value is -2.65. The molecule has 0 saturated heterocycles. The number of anilines is 1. The summed E-state index contributed by atoms with van der Waals surface area (Å²) >= 11 is 5.86. The molecule has 3 nitrogen and oxygen atoms in total. The molecule has 0 amide bonds. The fraction of sp³-hybridized carbons (Fsp3) is 0.143. The maximum absolute atomic E-state index is 5.93. The summed E-state index contributed by atoms with van der Waals surface area (Å²) in [5.74, 6) is 1.64. The zero-order valence-corrected chi connectivity index (χ0v) is 14.6. The molecule has 3 rings (SSSR count). The number of hydrogen-bond donors (Lipinski definition) is 1. The maximum atomic E-state index is 5.93. The Labute approximate surface area is 153 Å². The first-order valence-corrected chi connectivity index (χ1v) is 8.57. The van der Waals surface area contributed by atoms with Crippen molar-refractivity contribution in [1.29, 1.82) is 0 Å². The number of para-hydroxylation sites is 2. The number of hydrogen-bond acceptors (Lipinski definition) is 3. The van der Waals surface area contributed by atoms with Gasteiger partial charge in [-0.05, 0) is 42.0 Å². The smallest absolute Gasteiger partial charge is 0.142 e. The van der Waals surface area contributed by atoms with Crippen molar-refractivity contribution in [3.05, 3.63) is 89.4 Å². The molecule has 1 N–H and O–H groups in total. The summed E-state index contributed by atoms with van der Waals surface area (Å²) < 4.78 is 11.6. The van der Waals surface area contributed by atoms with Crippen LogP contribution in [0.4, 0.5) is 5.69 Å². The third-order valence-corrected chi connectivity index (χ3v) is 3.88. The van der Waals surface area contributed by atoms with E-state index in [4.69, 9.17) is 21.1 Å². The van der Waals surface area contributed by atoms with E-state index in [0.29, 0.717) is 24.8 Å². The minimum absolute atomic E-state index is 0.542. The van der Waals surface area contributed by atoms with E-state index in [9.17, 15) is 0 Å². The van der Waals surface area contributed by atoms with Crippen molar-refractivity contribution in [3.63, 3.8) is 0 Å². The van der Waals surface area contributed by atoms with E-state index < -0.39 is 0 Å². The molecule has 0 atom stereocenters. The van der Waals surface area contributed by atoms with Gasteiger partial charge in [0.05, 0.1) is 5.69 Å². The Bertz CT molecular complexity index is 775. The van der Waals surface area contributed by atoms with Crippen LogP contribution in [0.2, 0.25) is 5.02 Å². The molecule has 0 radical (unpaired) electrons. The Morgan fingerprint density at radius 3 is 2.28 bits per heavy atom. The van der Waals surface area contributed by atoms with Crippen LogP contribution < -0.4 is 14.8 Å². The van der Waals surface area contributed by atoms with E-state index in [1.54, 1.807) is 0 Å². The van der Waals surface area contributed by atoms with E-state index in [2.05, 4.69) is 17.4 Å². The molecule has 0 aromatic heterocycles. The summed E-state index contributed by atoms with van der Waals surface area (Å²) in [6.45, 7) is 1.77. The fourth-order valence-corrected chi connectivity index (χ4v) is 2.49. The molecule has 0 aliphatic rings. The topological polar surface area (TPSA) is 30.5 Å². The van der Waals surface area contributed by atoms with Crippen LogP contribution in [0.5, 0.6) is 11.5 Å². The third kappa shape index (κ3) is 5.44. The molecule has 25 heavy (non-hydrogen) atoms. The van der Waals surface area contributed by atoms with Crippen LogP contribution in [0.15, 0.2) is 78.9 Å². The molecule has 3 aromatic rings. The molecule has 4 heteroatoms. The molecule has 0 aliphatic heterocycles. The number of benzene rings is 3. The van der Waals surface area contributed by atoms with Crippen molar-refractivity contribution in [2.45, 2.75) is 6.61 Å². The first kappa shape index (κ1) is 17.2. The standard InChI is InChI=1S/C21H20ClNO2/c22-18-10-12-19(13-11-18)24-15-14-23-20-8-4-5-9-21(20)25-16-17-6-2-1-3-7-17/h1-13,23H,14-16H2. The molecular formula is C21H20ClNO2. The molecule has 0 spiro atoms. The molecular weight excluding hydrogens is 334 g/mol. The van der Waals surface area contributed by atoms with Crippen molar-refractivity contribution in [1.82, 2.24) is 0 Å². The zero-order valence-electron chi connectivity index (χ0n) is 13.8. The highest BCUT2D eigenvalue weighted by Gasteiger charge is 2.03. The van der Waals surface area contributed by atoms with E-state index in [1.165, 1.54) is 0 Å². The highest BCUT2D eigenvalue weighted by Crippen LogP contribution is 2.24.